The zero-order valence-electron chi connectivity index (χ0n) is 16.7. The topological polar surface area (TPSA) is 54.9 Å². The fourth-order valence-corrected chi connectivity index (χ4v) is 6.11. The van der Waals surface area contributed by atoms with E-state index in [9.17, 15) is 4.79 Å². The van der Waals surface area contributed by atoms with E-state index in [0.717, 1.165) is 39.9 Å². The molecule has 0 spiro atoms. The molecule has 0 aliphatic heterocycles. The predicted octanol–water partition coefficient (Wildman–Crippen LogP) is 5.55. The van der Waals surface area contributed by atoms with Crippen LogP contribution in [0.25, 0.3) is 10.2 Å². The zero-order valence-corrected chi connectivity index (χ0v) is 18.3. The van der Waals surface area contributed by atoms with Crippen LogP contribution in [0.4, 0.5) is 5.69 Å². The number of anilines is 1. The number of nitrogens with zero attached hydrogens (tertiary/aromatic N) is 2. The summed E-state index contributed by atoms with van der Waals surface area (Å²) in [6.45, 7) is 8.33. The highest BCUT2D eigenvalue weighted by Crippen LogP contribution is 2.41. The minimum atomic E-state index is -0.239. The van der Waals surface area contributed by atoms with E-state index in [-0.39, 0.29) is 11.2 Å². The smallest absolute Gasteiger partial charge is 0.237 e. The van der Waals surface area contributed by atoms with Gasteiger partial charge in [0.15, 0.2) is 0 Å². The molecule has 6 heteroatoms. The van der Waals surface area contributed by atoms with Crippen LogP contribution in [0.1, 0.15) is 41.8 Å². The Hall–Kier alpha value is -1.92. The van der Waals surface area contributed by atoms with Gasteiger partial charge < -0.3 is 5.32 Å². The van der Waals surface area contributed by atoms with Crippen molar-refractivity contribution in [3.8, 4) is 0 Å². The number of rotatable bonds is 4. The molecule has 0 saturated heterocycles. The normalized spacial score (nSPS) is 17.4. The van der Waals surface area contributed by atoms with Crippen LogP contribution in [0.2, 0.25) is 0 Å². The average Bonchev–Trinajstić information content (AvgIpc) is 3.02. The summed E-state index contributed by atoms with van der Waals surface area (Å²) in [6.07, 6.45) is 5.05. The Morgan fingerprint density at radius 1 is 1.32 bits per heavy atom. The second-order valence-corrected chi connectivity index (χ2v) is 10.2. The highest BCUT2D eigenvalue weighted by Gasteiger charge is 2.25. The zero-order chi connectivity index (χ0) is 19.8. The van der Waals surface area contributed by atoms with Crippen molar-refractivity contribution in [2.75, 3.05) is 5.32 Å². The summed E-state index contributed by atoms with van der Waals surface area (Å²) in [7, 11) is 0. The molecule has 4 nitrogen and oxygen atoms in total. The van der Waals surface area contributed by atoms with E-state index < -0.39 is 0 Å². The summed E-state index contributed by atoms with van der Waals surface area (Å²) in [5.41, 5.74) is 4.55. The van der Waals surface area contributed by atoms with Gasteiger partial charge in [0.25, 0.3) is 0 Å². The molecule has 1 aliphatic carbocycles. The minimum Gasteiger partial charge on any atom is -0.325 e. The molecule has 2 aromatic heterocycles. The van der Waals surface area contributed by atoms with Gasteiger partial charge in [0.05, 0.1) is 5.25 Å². The lowest BCUT2D eigenvalue weighted by atomic mass is 9.89. The van der Waals surface area contributed by atoms with E-state index in [1.807, 2.05) is 26.0 Å². The molecule has 0 unspecified atom stereocenters. The molecular weight excluding hydrogens is 386 g/mol. The molecule has 2 heterocycles. The molecule has 1 aliphatic rings. The first-order valence-corrected chi connectivity index (χ1v) is 11.4. The fraction of sp³-hybridized carbons (Fsp3) is 0.409. The second-order valence-electron chi connectivity index (χ2n) is 7.78. The average molecular weight is 412 g/mol. The molecule has 28 heavy (non-hydrogen) atoms. The number of aryl methyl sites for hydroxylation is 3. The number of nitrogens with one attached hydrogen (secondary N) is 1. The molecule has 1 aromatic carbocycles. The molecule has 0 bridgehead atoms. The van der Waals surface area contributed by atoms with Crippen LogP contribution in [0.5, 0.6) is 0 Å². The Morgan fingerprint density at radius 3 is 2.93 bits per heavy atom. The van der Waals surface area contributed by atoms with Crippen LogP contribution >= 0.6 is 23.1 Å². The van der Waals surface area contributed by atoms with E-state index >= 15 is 0 Å². The number of benzene rings is 1. The molecule has 1 N–H and O–H groups in total. The van der Waals surface area contributed by atoms with E-state index in [0.29, 0.717) is 0 Å². The molecule has 0 fully saturated rings. The lowest BCUT2D eigenvalue weighted by Gasteiger charge is -2.18. The first kappa shape index (κ1) is 19.4. The maximum absolute atomic E-state index is 12.8. The monoisotopic (exact) mass is 411 g/mol. The molecule has 3 aromatic rings. The summed E-state index contributed by atoms with van der Waals surface area (Å²) in [4.78, 5) is 24.3. The number of aromatic nitrogens is 2. The van der Waals surface area contributed by atoms with Gasteiger partial charge >= 0.3 is 0 Å². The highest BCUT2D eigenvalue weighted by atomic mass is 32.2. The van der Waals surface area contributed by atoms with Crippen LogP contribution in [-0.4, -0.2) is 21.1 Å². The lowest BCUT2D eigenvalue weighted by molar-refractivity contribution is -0.115. The van der Waals surface area contributed by atoms with Gasteiger partial charge in [0.1, 0.15) is 16.2 Å². The summed E-state index contributed by atoms with van der Waals surface area (Å²) in [5, 5.41) is 4.93. The summed E-state index contributed by atoms with van der Waals surface area (Å²) in [5.74, 6) is 0.730. The van der Waals surface area contributed by atoms with Gasteiger partial charge in [0, 0.05) is 16.0 Å². The number of carbonyl (C=O) groups excluding carboxylic acids is 1. The van der Waals surface area contributed by atoms with Crippen LogP contribution in [0.15, 0.2) is 29.6 Å². The Bertz CT molecular complexity index is 1040. The number of thiophene rings is 1. The first-order valence-electron chi connectivity index (χ1n) is 9.72. The van der Waals surface area contributed by atoms with Crippen LogP contribution in [-0.2, 0) is 17.6 Å². The van der Waals surface area contributed by atoms with Gasteiger partial charge in [-0.15, -0.1) is 11.3 Å². The molecule has 0 radical (unpaired) electrons. The van der Waals surface area contributed by atoms with Gasteiger partial charge in [-0.1, -0.05) is 36.4 Å². The standard InChI is InChI=1S/C22H25N3OS2/c1-12-6-8-17(14(3)9-12)25-20(26)15(4)27-21-19-16-7-5-13(2)10-18(16)28-22(19)24-11-23-21/h6,8-9,11,13,15H,5,7,10H2,1-4H3,(H,25,26)/t13-,15-/m1/s1. The van der Waals surface area contributed by atoms with Crippen molar-refractivity contribution in [3.63, 3.8) is 0 Å². The van der Waals surface area contributed by atoms with Crippen molar-refractivity contribution in [3.05, 3.63) is 46.1 Å². The maximum atomic E-state index is 12.8. The van der Waals surface area contributed by atoms with Crippen molar-refractivity contribution in [1.29, 1.82) is 0 Å². The van der Waals surface area contributed by atoms with Crippen LogP contribution in [0.3, 0.4) is 0 Å². The number of hydrogen-bond acceptors (Lipinski definition) is 5. The Morgan fingerprint density at radius 2 is 2.14 bits per heavy atom. The van der Waals surface area contributed by atoms with Crippen LogP contribution in [0, 0.1) is 19.8 Å². The molecule has 4 rings (SSSR count). The molecule has 146 valence electrons. The molecule has 1 amide bonds. The number of hydrogen-bond donors (Lipinski definition) is 1. The van der Waals surface area contributed by atoms with Gasteiger partial charge in [0.2, 0.25) is 5.91 Å². The number of amides is 1. The third-order valence-corrected chi connectivity index (χ3v) is 7.62. The summed E-state index contributed by atoms with van der Waals surface area (Å²) >= 11 is 3.33. The maximum Gasteiger partial charge on any atom is 0.237 e. The van der Waals surface area contributed by atoms with E-state index in [2.05, 4.69) is 35.2 Å². The summed E-state index contributed by atoms with van der Waals surface area (Å²) < 4.78 is 0. The predicted molar refractivity (Wildman–Crippen MR) is 118 cm³/mol. The van der Waals surface area contributed by atoms with E-state index in [1.54, 1.807) is 17.7 Å². The Labute approximate surface area is 174 Å². The molecular formula is C22H25N3OS2. The van der Waals surface area contributed by atoms with E-state index in [1.165, 1.54) is 39.6 Å². The second kappa shape index (κ2) is 7.84. The SMILES string of the molecule is Cc1ccc(NC(=O)[C@@H](C)Sc2ncnc3sc4c(c23)CC[C@@H](C)C4)c(C)c1. The number of carbonyl (C=O) groups is 1. The highest BCUT2D eigenvalue weighted by molar-refractivity contribution is 8.00. The fourth-order valence-electron chi connectivity index (χ4n) is 3.74. The number of thioether (sulfide) groups is 1. The van der Waals surface area contributed by atoms with Gasteiger partial charge in [-0.25, -0.2) is 9.97 Å². The lowest BCUT2D eigenvalue weighted by Crippen LogP contribution is -2.23. The Balaban J connectivity index is 1.56. The van der Waals surface area contributed by atoms with Crippen molar-refractivity contribution in [2.45, 2.75) is 57.2 Å². The van der Waals surface area contributed by atoms with Gasteiger partial charge in [-0.2, -0.15) is 0 Å². The van der Waals surface area contributed by atoms with Crippen molar-refractivity contribution in [2.24, 2.45) is 5.92 Å². The van der Waals surface area contributed by atoms with Crippen molar-refractivity contribution >= 4 is 44.9 Å². The third kappa shape index (κ3) is 3.80. The molecule has 2 atom stereocenters. The van der Waals surface area contributed by atoms with Crippen LogP contribution < -0.4 is 5.32 Å². The first-order chi connectivity index (χ1) is 13.4. The number of fused-ring (bicyclic) bond motifs is 3. The largest absolute Gasteiger partial charge is 0.325 e. The van der Waals surface area contributed by atoms with Gasteiger partial charge in [-0.05, 0) is 63.1 Å². The third-order valence-electron chi connectivity index (χ3n) is 5.35. The quantitative estimate of drug-likeness (QED) is 0.451. The Kier molecular flexibility index (Phi) is 5.43. The minimum absolute atomic E-state index is 0.00133. The molecule has 0 saturated carbocycles. The van der Waals surface area contributed by atoms with Crippen molar-refractivity contribution < 1.29 is 4.79 Å². The van der Waals surface area contributed by atoms with Crippen molar-refractivity contribution in [1.82, 2.24) is 9.97 Å². The van der Waals surface area contributed by atoms with Gasteiger partial charge in [-0.3, -0.25) is 4.79 Å². The summed E-state index contributed by atoms with van der Waals surface area (Å²) in [6, 6.07) is 6.08. The van der Waals surface area contributed by atoms with E-state index in [4.69, 9.17) is 0 Å².